The van der Waals surface area contributed by atoms with Gasteiger partial charge in [-0.2, -0.15) is 0 Å². The molecule has 21 fully saturated rings. The molecular formula is C62H111NO34. The largest absolute Gasteiger partial charge is 0.382 e. The van der Waals surface area contributed by atoms with Crippen molar-refractivity contribution < 1.29 is 161 Å². The van der Waals surface area contributed by atoms with Gasteiger partial charge in [-0.15, -0.1) is 0 Å². The molecule has 14 bridgehead atoms. The smallest absolute Gasteiger partial charge is 0.187 e. The first-order valence-corrected chi connectivity index (χ1v) is 32.4. The zero-order valence-corrected chi connectivity index (χ0v) is 59.6. The van der Waals surface area contributed by atoms with Gasteiger partial charge in [0, 0.05) is 149 Å². The van der Waals surface area contributed by atoms with E-state index >= 15 is 0 Å². The molecule has 0 saturated carbocycles. The maximum Gasteiger partial charge on any atom is 0.187 e. The molecule has 35 atom stereocenters. The van der Waals surface area contributed by atoms with E-state index in [1.807, 2.05) is 0 Å². The summed E-state index contributed by atoms with van der Waals surface area (Å²) in [5.74, 6) is 0. The Bertz CT molecular complexity index is 2180. The SMILES string of the molecule is COC[C@H]1O[C@@H]2O[C@@H]3[C@@H](OC)[C@@H](OC)[C@@H](O[C@@H]4[C@@H](OC)[C@@H](OC)[C@@H](O[C@@H]5[C@@H](OC)[C@@H](OC)[C@@H](O[C@@H]6[C@@H](OC)[C@@H](OC)[C@@H](O[C@@H]7[C@@H](OC)[C@@H](OC)[C@@H](O[C@@H]8[C@@H](OC)[C@@H](OC)[C@@H](O[C@@H]1[C@@H](OC)[C@H]2OC)O[C@@H]8CN)O[C@@H]7COC)O[C@@H]6COC)O[C@@H]5COC)O[C@@H]4COC)O[C@@H]3COC. The fourth-order valence-electron chi connectivity index (χ4n) is 14.7. The minimum Gasteiger partial charge on any atom is -0.382 e. The van der Waals surface area contributed by atoms with E-state index in [-0.39, 0.29) is 46.2 Å². The number of hydrogen-bond donors (Lipinski definition) is 1. The van der Waals surface area contributed by atoms with Crippen LogP contribution in [0.5, 0.6) is 0 Å². The molecule has 2 N–H and O–H groups in total. The molecule has 97 heavy (non-hydrogen) atoms. The highest BCUT2D eigenvalue weighted by Gasteiger charge is 2.62. The van der Waals surface area contributed by atoms with Crippen LogP contribution in [-0.4, -0.2) is 403 Å². The van der Waals surface area contributed by atoms with Crippen molar-refractivity contribution in [1.29, 1.82) is 0 Å². The summed E-state index contributed by atoms with van der Waals surface area (Å²) in [4.78, 5) is 0. The van der Waals surface area contributed by atoms with E-state index in [2.05, 4.69) is 0 Å². The molecule has 0 aromatic rings. The van der Waals surface area contributed by atoms with E-state index in [1.54, 1.807) is 0 Å². The molecule has 21 aliphatic rings. The average Bonchev–Trinajstić information content (AvgIpc) is 0.780. The summed E-state index contributed by atoms with van der Waals surface area (Å²) in [5, 5.41) is 0. The van der Waals surface area contributed by atoms with Gasteiger partial charge in [0.25, 0.3) is 0 Å². The van der Waals surface area contributed by atoms with Crippen LogP contribution in [-0.2, 0) is 161 Å². The van der Waals surface area contributed by atoms with Crippen LogP contribution in [0.3, 0.4) is 0 Å². The van der Waals surface area contributed by atoms with E-state index < -0.39 is 215 Å². The quantitative estimate of drug-likeness (QED) is 0.0913. The molecule has 0 radical (unpaired) electrons. The van der Waals surface area contributed by atoms with Crippen LogP contribution in [0.25, 0.3) is 0 Å². The van der Waals surface area contributed by atoms with Crippen LogP contribution in [0.1, 0.15) is 0 Å². The third-order valence-electron chi connectivity index (χ3n) is 19.2. The Kier molecular flexibility index (Phi) is 33.2. The van der Waals surface area contributed by atoms with Crippen LogP contribution in [0.4, 0.5) is 0 Å². The molecule has 568 valence electrons. The van der Waals surface area contributed by atoms with Gasteiger partial charge in [0.15, 0.2) is 44.0 Å². The normalized spacial score (nSPS) is 46.4. The minimum atomic E-state index is -1.22. The molecule has 0 aliphatic carbocycles. The zero-order chi connectivity index (χ0) is 70.2. The van der Waals surface area contributed by atoms with Crippen molar-refractivity contribution in [2.75, 3.05) is 188 Å². The highest BCUT2D eigenvalue weighted by molar-refractivity contribution is 5.04. The third kappa shape index (κ3) is 17.6. The fraction of sp³-hybridized carbons (Fsp3) is 1.00. The van der Waals surface area contributed by atoms with Gasteiger partial charge in [-0.05, 0) is 0 Å². The first-order valence-electron chi connectivity index (χ1n) is 32.4. The standard InChI is InChI=1S/C62H111NO34/c1-64-22-29-36-43(71-8)51(79-16)58(86-29)94-38-31(24-66-3)88-60(53(81-18)45(38)73-10)96-40-33(26-68-5)90-62(55(83-20)47(40)75-12)97-41-34(27-69-6)89-61(54(82-19)48(41)76-13)95-39-32(25-67-4)87-59(52(80-17)46(39)74-11)93-37-30(23-65-2)85-57(50(78-15)44(37)72-9)91-35-28(21-63)84-56(92-36)49(77-14)42(35)70-7/h28-62H,21-27,63H2,1-20H3/t28-,29-,30-,31-,32-,33-,34-,35+,36+,37+,38+,39+,40+,41+,42-,43-,44-,45-,46-,47-,48-,49-,50-,51-,52-,53-,54-,55-,56-,57-,58-,59-,60-,61-,62-/m1/s1. The van der Waals surface area contributed by atoms with Gasteiger partial charge in [0.2, 0.25) is 0 Å². The fourth-order valence-corrected chi connectivity index (χ4v) is 14.7. The molecule has 0 unspecified atom stereocenters. The van der Waals surface area contributed by atoms with Crippen LogP contribution in [0.15, 0.2) is 0 Å². The molecule has 21 heterocycles. The Morgan fingerprint density at radius 2 is 0.299 bits per heavy atom. The Hall–Kier alpha value is -1.40. The first-order chi connectivity index (χ1) is 47.2. The topological polar surface area (TPSA) is 340 Å². The Morgan fingerprint density at radius 3 is 0.412 bits per heavy atom. The maximum absolute atomic E-state index is 7.02. The molecule has 0 aromatic carbocycles. The summed E-state index contributed by atoms with van der Waals surface area (Å²) in [6, 6.07) is 0. The Balaban J connectivity index is 1.23. The summed E-state index contributed by atoms with van der Waals surface area (Å²) in [7, 11) is 30.1. The number of rotatable bonds is 27. The second kappa shape index (κ2) is 39.6. The molecule has 21 rings (SSSR count). The lowest BCUT2D eigenvalue weighted by Crippen LogP contribution is -2.69. The number of methoxy groups -OCH3 is 20. The maximum atomic E-state index is 7.02. The zero-order valence-electron chi connectivity index (χ0n) is 59.6. The molecule has 0 amide bonds. The highest BCUT2D eigenvalue weighted by atomic mass is 16.8. The molecule has 0 spiro atoms. The van der Waals surface area contributed by atoms with E-state index in [1.165, 1.54) is 142 Å². The second-order valence-corrected chi connectivity index (χ2v) is 24.3. The third-order valence-corrected chi connectivity index (χ3v) is 19.2. The summed E-state index contributed by atoms with van der Waals surface area (Å²) >= 11 is 0. The average molecular weight is 1410 g/mol. The van der Waals surface area contributed by atoms with Crippen molar-refractivity contribution in [3.63, 3.8) is 0 Å². The van der Waals surface area contributed by atoms with Gasteiger partial charge in [0.1, 0.15) is 171 Å². The van der Waals surface area contributed by atoms with E-state index in [4.69, 9.17) is 167 Å². The first kappa shape index (κ1) is 81.3. The lowest BCUT2D eigenvalue weighted by molar-refractivity contribution is -0.402. The van der Waals surface area contributed by atoms with Gasteiger partial charge in [-0.1, -0.05) is 0 Å². The second-order valence-electron chi connectivity index (χ2n) is 24.3. The van der Waals surface area contributed by atoms with Gasteiger partial charge in [0.05, 0.1) is 39.6 Å². The predicted octanol–water partition coefficient (Wildman–Crippen LogP) is -2.18. The number of nitrogens with two attached hydrogens (primary N) is 1. The molecule has 21 saturated heterocycles. The van der Waals surface area contributed by atoms with Crippen molar-refractivity contribution in [2.45, 2.75) is 215 Å². The van der Waals surface area contributed by atoms with Crippen LogP contribution < -0.4 is 5.73 Å². The van der Waals surface area contributed by atoms with Crippen molar-refractivity contribution in [3.8, 4) is 0 Å². The van der Waals surface area contributed by atoms with Crippen molar-refractivity contribution in [1.82, 2.24) is 0 Å². The van der Waals surface area contributed by atoms with Gasteiger partial charge < -0.3 is 167 Å². The van der Waals surface area contributed by atoms with Gasteiger partial charge in [-0.3, -0.25) is 0 Å². The minimum absolute atomic E-state index is 0.0382. The van der Waals surface area contributed by atoms with E-state index in [0.717, 1.165) is 0 Å². The van der Waals surface area contributed by atoms with Crippen molar-refractivity contribution in [2.24, 2.45) is 5.73 Å². The van der Waals surface area contributed by atoms with E-state index in [0.29, 0.717) is 0 Å². The van der Waals surface area contributed by atoms with Crippen LogP contribution in [0.2, 0.25) is 0 Å². The molecule has 0 aromatic heterocycles. The van der Waals surface area contributed by atoms with E-state index in [9.17, 15) is 0 Å². The van der Waals surface area contributed by atoms with Crippen LogP contribution >= 0.6 is 0 Å². The number of hydrogen-bond acceptors (Lipinski definition) is 35. The summed E-state index contributed by atoms with van der Waals surface area (Å²) < 4.78 is 220. The molecule has 21 aliphatic heterocycles. The predicted molar refractivity (Wildman–Crippen MR) is 326 cm³/mol. The van der Waals surface area contributed by atoms with Crippen molar-refractivity contribution in [3.05, 3.63) is 0 Å². The lowest BCUT2D eigenvalue weighted by atomic mass is 9.94. The van der Waals surface area contributed by atoms with Gasteiger partial charge >= 0.3 is 0 Å². The Morgan fingerprint density at radius 1 is 0.175 bits per heavy atom. The Labute approximate surface area is 568 Å². The molecular weight excluding hydrogens is 1300 g/mol. The lowest BCUT2D eigenvalue weighted by Gasteiger charge is -2.52. The summed E-state index contributed by atoms with van der Waals surface area (Å²) in [6.45, 7) is -0.339. The number of ether oxygens (including phenoxy) is 34. The van der Waals surface area contributed by atoms with Crippen LogP contribution in [0, 0.1) is 0 Å². The van der Waals surface area contributed by atoms with Crippen molar-refractivity contribution >= 4 is 0 Å². The summed E-state index contributed by atoms with van der Waals surface area (Å²) in [5.41, 5.74) is 6.62. The molecule has 35 heteroatoms. The summed E-state index contributed by atoms with van der Waals surface area (Å²) in [6.07, 6.45) is -35.9. The highest BCUT2D eigenvalue weighted by Crippen LogP contribution is 2.43. The monoisotopic (exact) mass is 1410 g/mol. The molecule has 35 nitrogen and oxygen atoms in total. The van der Waals surface area contributed by atoms with Gasteiger partial charge in [-0.25, -0.2) is 0 Å².